The normalized spacial score (nSPS) is 13.5. The number of imide groups is 1. The average Bonchev–Trinajstić information content (AvgIpc) is 3.01. The van der Waals surface area contributed by atoms with E-state index in [1.54, 1.807) is 24.3 Å². The van der Waals surface area contributed by atoms with Gasteiger partial charge in [-0.1, -0.05) is 64.6 Å². The number of hydrogen-bond acceptors (Lipinski definition) is 4. The van der Waals surface area contributed by atoms with Crippen molar-refractivity contribution in [2.24, 2.45) is 0 Å². The molecule has 0 radical (unpaired) electrons. The quantitative estimate of drug-likeness (QED) is 0.284. The SMILES string of the molecule is Cc1ccccc1NC(=O)c1ccc(NC2=C(Cl)C(=O)N(c3cc(Cl)c(Cl)cc3Cl)C2=O)cc1. The molecule has 0 aliphatic carbocycles. The fraction of sp³-hybridized carbons (Fsp3) is 0.0417. The second-order valence-corrected chi connectivity index (χ2v) is 8.92. The number of anilines is 3. The number of rotatable bonds is 5. The van der Waals surface area contributed by atoms with E-state index in [0.29, 0.717) is 16.9 Å². The minimum Gasteiger partial charge on any atom is -0.350 e. The maximum Gasteiger partial charge on any atom is 0.283 e. The molecule has 3 aromatic rings. The van der Waals surface area contributed by atoms with Gasteiger partial charge in [0.15, 0.2) is 0 Å². The Balaban J connectivity index is 1.52. The van der Waals surface area contributed by atoms with Gasteiger partial charge in [0.1, 0.15) is 10.7 Å². The summed E-state index contributed by atoms with van der Waals surface area (Å²) in [6.45, 7) is 1.90. The molecule has 0 atom stereocenters. The molecule has 1 aliphatic heterocycles. The predicted octanol–water partition coefficient (Wildman–Crippen LogP) is 6.64. The van der Waals surface area contributed by atoms with E-state index in [0.717, 1.165) is 10.5 Å². The number of benzene rings is 3. The summed E-state index contributed by atoms with van der Waals surface area (Å²) in [5.74, 6) is -1.76. The van der Waals surface area contributed by atoms with Crippen LogP contribution < -0.4 is 15.5 Å². The average molecular weight is 535 g/mol. The summed E-state index contributed by atoms with van der Waals surface area (Å²) >= 11 is 24.3. The Hall–Kier alpha value is -3.03. The molecular formula is C24H15Cl4N3O3. The van der Waals surface area contributed by atoms with Crippen LogP contribution in [0, 0.1) is 6.92 Å². The first-order chi connectivity index (χ1) is 16.2. The maximum atomic E-state index is 13.0. The Morgan fingerprint density at radius 1 is 0.824 bits per heavy atom. The predicted molar refractivity (Wildman–Crippen MR) is 136 cm³/mol. The molecule has 4 rings (SSSR count). The van der Waals surface area contributed by atoms with Crippen LogP contribution in [0.1, 0.15) is 15.9 Å². The molecule has 6 nitrogen and oxygen atoms in total. The van der Waals surface area contributed by atoms with E-state index >= 15 is 0 Å². The number of hydrogen-bond donors (Lipinski definition) is 2. The molecule has 0 spiro atoms. The molecule has 0 bridgehead atoms. The van der Waals surface area contributed by atoms with Crippen LogP contribution in [0.2, 0.25) is 15.1 Å². The van der Waals surface area contributed by atoms with Crippen LogP contribution in [-0.2, 0) is 9.59 Å². The van der Waals surface area contributed by atoms with Gasteiger partial charge >= 0.3 is 0 Å². The van der Waals surface area contributed by atoms with E-state index in [1.165, 1.54) is 12.1 Å². The highest BCUT2D eigenvalue weighted by atomic mass is 35.5. The first kappa shape index (κ1) is 24.1. The number of carbonyl (C=O) groups excluding carboxylic acids is 3. The van der Waals surface area contributed by atoms with Crippen molar-refractivity contribution in [3.05, 3.63) is 97.6 Å². The van der Waals surface area contributed by atoms with Crippen molar-refractivity contribution >= 4 is 81.2 Å². The second-order valence-electron chi connectivity index (χ2n) is 7.32. The Bertz CT molecular complexity index is 1370. The molecule has 3 aromatic carbocycles. The lowest BCUT2D eigenvalue weighted by Gasteiger charge is -2.17. The van der Waals surface area contributed by atoms with Crippen molar-refractivity contribution in [3.8, 4) is 0 Å². The molecule has 34 heavy (non-hydrogen) atoms. The number of aryl methyl sites for hydroxylation is 1. The van der Waals surface area contributed by atoms with E-state index in [1.807, 2.05) is 31.2 Å². The minimum atomic E-state index is -0.760. The van der Waals surface area contributed by atoms with Crippen molar-refractivity contribution in [2.75, 3.05) is 15.5 Å². The van der Waals surface area contributed by atoms with Crippen molar-refractivity contribution in [1.29, 1.82) is 0 Å². The molecule has 1 heterocycles. The summed E-state index contributed by atoms with van der Waals surface area (Å²) in [4.78, 5) is 39.1. The van der Waals surface area contributed by atoms with Gasteiger partial charge in [0.2, 0.25) is 0 Å². The number of nitrogens with one attached hydrogen (secondary N) is 2. The summed E-state index contributed by atoms with van der Waals surface area (Å²) in [6, 6.07) is 16.4. The maximum absolute atomic E-state index is 13.0. The summed E-state index contributed by atoms with van der Waals surface area (Å²) in [5.41, 5.74) is 2.43. The first-order valence-electron chi connectivity index (χ1n) is 9.84. The number of para-hydroxylation sites is 1. The summed E-state index contributed by atoms with van der Waals surface area (Å²) in [6.07, 6.45) is 0. The minimum absolute atomic E-state index is 0.0595. The van der Waals surface area contributed by atoms with E-state index in [-0.39, 0.29) is 37.4 Å². The number of halogens is 4. The van der Waals surface area contributed by atoms with Crippen LogP contribution >= 0.6 is 46.4 Å². The van der Waals surface area contributed by atoms with Gasteiger partial charge in [0, 0.05) is 16.9 Å². The topological polar surface area (TPSA) is 78.5 Å². The standard InChI is InChI=1S/C24H15Cl4N3O3/c1-12-4-2-3-5-18(12)30-22(32)13-6-8-14(9-7-13)29-21-20(28)23(33)31(24(21)34)19-11-16(26)15(25)10-17(19)27/h2-11,29H,1H3,(H,30,32). The van der Waals surface area contributed by atoms with Gasteiger partial charge in [-0.25, -0.2) is 4.90 Å². The lowest BCUT2D eigenvalue weighted by Crippen LogP contribution is -2.32. The number of carbonyl (C=O) groups is 3. The zero-order valence-electron chi connectivity index (χ0n) is 17.5. The fourth-order valence-electron chi connectivity index (χ4n) is 3.27. The van der Waals surface area contributed by atoms with Gasteiger partial charge in [-0.2, -0.15) is 0 Å². The third-order valence-corrected chi connectivity index (χ3v) is 6.44. The van der Waals surface area contributed by atoms with Gasteiger partial charge in [0.25, 0.3) is 17.7 Å². The van der Waals surface area contributed by atoms with Crippen LogP contribution in [0.4, 0.5) is 17.1 Å². The van der Waals surface area contributed by atoms with Crippen molar-refractivity contribution in [3.63, 3.8) is 0 Å². The third kappa shape index (κ3) is 4.63. The highest BCUT2D eigenvalue weighted by Gasteiger charge is 2.40. The fourth-order valence-corrected chi connectivity index (χ4v) is 4.11. The molecule has 172 valence electrons. The van der Waals surface area contributed by atoms with Gasteiger partial charge in [-0.05, 0) is 55.0 Å². The van der Waals surface area contributed by atoms with E-state index in [9.17, 15) is 14.4 Å². The number of amides is 3. The van der Waals surface area contributed by atoms with Gasteiger partial charge in [0.05, 0.1) is 20.8 Å². The Morgan fingerprint density at radius 2 is 1.47 bits per heavy atom. The summed E-state index contributed by atoms with van der Waals surface area (Å²) < 4.78 is 0. The largest absolute Gasteiger partial charge is 0.350 e. The lowest BCUT2D eigenvalue weighted by molar-refractivity contribution is -0.120. The summed E-state index contributed by atoms with van der Waals surface area (Å²) in [7, 11) is 0. The molecule has 0 fully saturated rings. The van der Waals surface area contributed by atoms with E-state index in [4.69, 9.17) is 46.4 Å². The molecule has 0 saturated carbocycles. The second kappa shape index (κ2) is 9.68. The van der Waals surface area contributed by atoms with Crippen molar-refractivity contribution in [1.82, 2.24) is 0 Å². The zero-order chi connectivity index (χ0) is 24.6. The molecule has 0 aromatic heterocycles. The molecular weight excluding hydrogens is 520 g/mol. The van der Waals surface area contributed by atoms with Crippen LogP contribution in [0.3, 0.4) is 0 Å². The molecule has 0 saturated heterocycles. The molecule has 1 aliphatic rings. The molecule has 10 heteroatoms. The summed E-state index contributed by atoms with van der Waals surface area (Å²) in [5, 5.41) is 5.74. The van der Waals surface area contributed by atoms with Gasteiger partial charge < -0.3 is 10.6 Å². The molecule has 0 unspecified atom stereocenters. The van der Waals surface area contributed by atoms with Crippen LogP contribution in [0.5, 0.6) is 0 Å². The monoisotopic (exact) mass is 533 g/mol. The van der Waals surface area contributed by atoms with E-state index in [2.05, 4.69) is 10.6 Å². The number of nitrogens with zero attached hydrogens (tertiary/aromatic N) is 1. The van der Waals surface area contributed by atoms with Crippen LogP contribution in [0.25, 0.3) is 0 Å². The smallest absolute Gasteiger partial charge is 0.283 e. The Morgan fingerprint density at radius 3 is 2.15 bits per heavy atom. The van der Waals surface area contributed by atoms with Crippen molar-refractivity contribution < 1.29 is 14.4 Å². The Kier molecular flexibility index (Phi) is 6.86. The zero-order valence-corrected chi connectivity index (χ0v) is 20.5. The highest BCUT2D eigenvalue weighted by Crippen LogP contribution is 2.38. The third-order valence-electron chi connectivity index (χ3n) is 5.07. The first-order valence-corrected chi connectivity index (χ1v) is 11.4. The highest BCUT2D eigenvalue weighted by molar-refractivity contribution is 6.54. The Labute approximate surface area is 215 Å². The molecule has 3 amide bonds. The lowest BCUT2D eigenvalue weighted by atomic mass is 10.1. The van der Waals surface area contributed by atoms with Crippen LogP contribution in [-0.4, -0.2) is 17.7 Å². The van der Waals surface area contributed by atoms with E-state index < -0.39 is 11.8 Å². The van der Waals surface area contributed by atoms with Gasteiger partial charge in [-0.3, -0.25) is 14.4 Å². The van der Waals surface area contributed by atoms with Gasteiger partial charge in [-0.15, -0.1) is 0 Å². The van der Waals surface area contributed by atoms with Crippen LogP contribution in [0.15, 0.2) is 71.4 Å². The molecule has 2 N–H and O–H groups in total. The van der Waals surface area contributed by atoms with Crippen molar-refractivity contribution in [2.45, 2.75) is 6.92 Å².